The van der Waals surface area contributed by atoms with Crippen molar-refractivity contribution in [1.29, 1.82) is 0 Å². The smallest absolute Gasteiger partial charge is 0.126 e. The molecule has 1 aromatic carbocycles. The molecule has 0 saturated carbocycles. The first kappa shape index (κ1) is 12.8. The summed E-state index contributed by atoms with van der Waals surface area (Å²) in [4.78, 5) is 0. The maximum absolute atomic E-state index is 5.96. The second-order valence-corrected chi connectivity index (χ2v) is 5.44. The van der Waals surface area contributed by atoms with Crippen molar-refractivity contribution in [2.24, 2.45) is 5.73 Å². The third-order valence-electron chi connectivity index (χ3n) is 3.90. The Morgan fingerprint density at radius 3 is 3.21 bits per heavy atom. The zero-order valence-electron chi connectivity index (χ0n) is 11.2. The fourth-order valence-electron chi connectivity index (χ4n) is 2.85. The summed E-state index contributed by atoms with van der Waals surface area (Å²) in [6.07, 6.45) is 4.46. The molecule has 0 spiro atoms. The number of benzene rings is 1. The highest BCUT2D eigenvalue weighted by Gasteiger charge is 2.20. The lowest BCUT2D eigenvalue weighted by atomic mass is 10.0. The van der Waals surface area contributed by atoms with Gasteiger partial charge >= 0.3 is 0 Å². The minimum Gasteiger partial charge on any atom is -0.493 e. The Hall–Kier alpha value is -1.26. The van der Waals surface area contributed by atoms with E-state index in [0.717, 1.165) is 43.1 Å². The van der Waals surface area contributed by atoms with E-state index in [1.165, 1.54) is 12.8 Å². The van der Waals surface area contributed by atoms with Gasteiger partial charge in [0.05, 0.1) is 6.61 Å². The van der Waals surface area contributed by atoms with E-state index in [9.17, 15) is 0 Å². The van der Waals surface area contributed by atoms with Gasteiger partial charge < -0.3 is 20.5 Å². The highest BCUT2D eigenvalue weighted by atomic mass is 16.5. The molecule has 1 unspecified atom stereocenters. The summed E-state index contributed by atoms with van der Waals surface area (Å²) in [7, 11) is 0. The quantitative estimate of drug-likeness (QED) is 0.863. The molecule has 3 rings (SSSR count). The molecule has 0 aliphatic carbocycles. The molecule has 1 fully saturated rings. The van der Waals surface area contributed by atoms with Gasteiger partial charge in [0.2, 0.25) is 0 Å². The lowest BCUT2D eigenvalue weighted by Gasteiger charge is -2.24. The van der Waals surface area contributed by atoms with E-state index >= 15 is 0 Å². The van der Waals surface area contributed by atoms with Crippen molar-refractivity contribution in [2.45, 2.75) is 37.8 Å². The molecule has 2 aliphatic rings. The molecule has 1 aromatic rings. The van der Waals surface area contributed by atoms with Gasteiger partial charge in [0, 0.05) is 17.6 Å². The molecule has 2 heterocycles. The van der Waals surface area contributed by atoms with Crippen molar-refractivity contribution in [1.82, 2.24) is 5.32 Å². The Kier molecular flexibility index (Phi) is 3.89. The maximum Gasteiger partial charge on any atom is 0.126 e. The van der Waals surface area contributed by atoms with Crippen molar-refractivity contribution in [2.75, 3.05) is 19.8 Å². The van der Waals surface area contributed by atoms with Crippen LogP contribution in [0.2, 0.25) is 0 Å². The second kappa shape index (κ2) is 5.80. The monoisotopic (exact) mass is 262 g/mol. The van der Waals surface area contributed by atoms with E-state index < -0.39 is 0 Å². The molecule has 0 radical (unpaired) electrons. The molecule has 19 heavy (non-hydrogen) atoms. The number of hydrogen-bond acceptors (Lipinski definition) is 4. The summed E-state index contributed by atoms with van der Waals surface area (Å²) < 4.78 is 11.6. The van der Waals surface area contributed by atoms with Crippen LogP contribution in [0, 0.1) is 0 Å². The Bertz CT molecular complexity index is 430. The predicted octanol–water partition coefficient (Wildman–Crippen LogP) is 1.47. The summed E-state index contributed by atoms with van der Waals surface area (Å²) in [5.74, 6) is 1.86. The molecule has 0 aromatic heterocycles. The van der Waals surface area contributed by atoms with Crippen molar-refractivity contribution < 1.29 is 9.47 Å². The van der Waals surface area contributed by atoms with Crippen molar-refractivity contribution in [3.63, 3.8) is 0 Å². The Labute approximate surface area is 114 Å². The zero-order valence-corrected chi connectivity index (χ0v) is 11.2. The number of rotatable bonds is 4. The summed E-state index contributed by atoms with van der Waals surface area (Å²) in [5.41, 5.74) is 7.08. The van der Waals surface area contributed by atoms with Gasteiger partial charge in [-0.3, -0.25) is 0 Å². The third-order valence-corrected chi connectivity index (χ3v) is 3.90. The lowest BCUT2D eigenvalue weighted by Crippen LogP contribution is -2.34. The van der Waals surface area contributed by atoms with E-state index in [1.54, 1.807) is 0 Å². The van der Waals surface area contributed by atoms with Gasteiger partial charge in [-0.15, -0.1) is 0 Å². The topological polar surface area (TPSA) is 56.5 Å². The fraction of sp³-hybridized carbons (Fsp3) is 0.600. The summed E-state index contributed by atoms with van der Waals surface area (Å²) >= 11 is 0. The molecular weight excluding hydrogens is 240 g/mol. The normalized spacial score (nSPS) is 25.7. The van der Waals surface area contributed by atoms with Crippen molar-refractivity contribution in [3.05, 3.63) is 23.8 Å². The Balaban J connectivity index is 1.61. The van der Waals surface area contributed by atoms with Crippen molar-refractivity contribution in [3.8, 4) is 11.5 Å². The molecule has 2 atom stereocenters. The van der Waals surface area contributed by atoms with Crippen LogP contribution in [0.4, 0.5) is 0 Å². The molecule has 2 aliphatic heterocycles. The third kappa shape index (κ3) is 3.01. The van der Waals surface area contributed by atoms with Gasteiger partial charge in [-0.25, -0.2) is 0 Å². The van der Waals surface area contributed by atoms with Gasteiger partial charge in [-0.2, -0.15) is 0 Å². The fourth-order valence-corrected chi connectivity index (χ4v) is 2.85. The van der Waals surface area contributed by atoms with Crippen LogP contribution >= 0.6 is 0 Å². The van der Waals surface area contributed by atoms with Gasteiger partial charge in [-0.1, -0.05) is 6.07 Å². The van der Waals surface area contributed by atoms with Crippen LogP contribution < -0.4 is 20.5 Å². The summed E-state index contributed by atoms with van der Waals surface area (Å²) in [6, 6.07) is 6.69. The van der Waals surface area contributed by atoms with Gasteiger partial charge in [0.1, 0.15) is 18.1 Å². The summed E-state index contributed by atoms with van der Waals surface area (Å²) in [5, 5.41) is 3.49. The van der Waals surface area contributed by atoms with E-state index in [4.69, 9.17) is 15.2 Å². The van der Waals surface area contributed by atoms with E-state index in [2.05, 4.69) is 5.32 Å². The zero-order chi connectivity index (χ0) is 13.1. The molecule has 3 N–H and O–H groups in total. The van der Waals surface area contributed by atoms with E-state index in [-0.39, 0.29) is 6.04 Å². The van der Waals surface area contributed by atoms with Crippen LogP contribution in [0.25, 0.3) is 0 Å². The first-order valence-electron chi connectivity index (χ1n) is 7.19. The van der Waals surface area contributed by atoms with Gasteiger partial charge in [-0.05, 0) is 44.4 Å². The average Bonchev–Trinajstić information content (AvgIpc) is 2.92. The van der Waals surface area contributed by atoms with Crippen LogP contribution in [0.3, 0.4) is 0 Å². The highest BCUT2D eigenvalue weighted by Crippen LogP contribution is 2.32. The minimum absolute atomic E-state index is 0.0775. The maximum atomic E-state index is 5.96. The van der Waals surface area contributed by atoms with Crippen LogP contribution in [0.5, 0.6) is 11.5 Å². The SMILES string of the molecule is N[C@@H]1COc2cccc(OCCC3CCCN3)c2C1. The van der Waals surface area contributed by atoms with Crippen LogP contribution in [0.1, 0.15) is 24.8 Å². The number of nitrogens with one attached hydrogen (secondary N) is 1. The molecule has 4 nitrogen and oxygen atoms in total. The molecule has 104 valence electrons. The first-order valence-corrected chi connectivity index (χ1v) is 7.19. The van der Waals surface area contributed by atoms with Crippen LogP contribution in [-0.2, 0) is 6.42 Å². The number of ether oxygens (including phenoxy) is 2. The predicted molar refractivity (Wildman–Crippen MR) is 74.8 cm³/mol. The molecule has 0 amide bonds. The van der Waals surface area contributed by atoms with E-state index in [1.807, 2.05) is 18.2 Å². The largest absolute Gasteiger partial charge is 0.493 e. The minimum atomic E-state index is 0.0775. The lowest BCUT2D eigenvalue weighted by molar-refractivity contribution is 0.248. The number of hydrogen-bond donors (Lipinski definition) is 2. The average molecular weight is 262 g/mol. The standard InChI is InChI=1S/C15H22N2O2/c16-11-9-13-14(4-1-5-15(13)19-10-11)18-8-6-12-3-2-7-17-12/h1,4-5,11-12,17H,2-3,6-10,16H2/t11-,12?/m0/s1. The summed E-state index contributed by atoms with van der Waals surface area (Å²) in [6.45, 7) is 2.50. The first-order chi connectivity index (χ1) is 9.33. The molecule has 0 bridgehead atoms. The molecule has 1 saturated heterocycles. The van der Waals surface area contributed by atoms with Crippen LogP contribution in [-0.4, -0.2) is 31.8 Å². The Morgan fingerprint density at radius 2 is 2.37 bits per heavy atom. The number of nitrogens with two attached hydrogens (primary N) is 1. The van der Waals surface area contributed by atoms with Crippen molar-refractivity contribution >= 4 is 0 Å². The number of fused-ring (bicyclic) bond motifs is 1. The van der Waals surface area contributed by atoms with E-state index in [0.29, 0.717) is 12.6 Å². The molecular formula is C15H22N2O2. The molecule has 4 heteroatoms. The Morgan fingerprint density at radius 1 is 1.42 bits per heavy atom. The highest BCUT2D eigenvalue weighted by molar-refractivity contribution is 5.46. The van der Waals surface area contributed by atoms with Crippen LogP contribution in [0.15, 0.2) is 18.2 Å². The van der Waals surface area contributed by atoms with Gasteiger partial charge in [0.15, 0.2) is 0 Å². The second-order valence-electron chi connectivity index (χ2n) is 5.44. The van der Waals surface area contributed by atoms with Gasteiger partial charge in [0.25, 0.3) is 0 Å².